The van der Waals surface area contributed by atoms with Gasteiger partial charge in [0.15, 0.2) is 11.6 Å². The number of hydrogen-bond donors (Lipinski definition) is 1. The zero-order valence-electron chi connectivity index (χ0n) is 9.74. The van der Waals surface area contributed by atoms with Crippen LogP contribution in [0.25, 0.3) is 0 Å². The highest BCUT2D eigenvalue weighted by atomic mass is 32.1. The quantitative estimate of drug-likeness (QED) is 0.879. The summed E-state index contributed by atoms with van der Waals surface area (Å²) < 4.78 is 26.3. The van der Waals surface area contributed by atoms with E-state index in [9.17, 15) is 18.4 Å². The number of halogens is 2. The van der Waals surface area contributed by atoms with E-state index >= 15 is 0 Å². The minimum absolute atomic E-state index is 0.313. The van der Waals surface area contributed by atoms with E-state index in [0.717, 1.165) is 11.3 Å². The lowest BCUT2D eigenvalue weighted by molar-refractivity contribution is 0.0692. The van der Waals surface area contributed by atoms with E-state index in [1.807, 2.05) is 0 Å². The van der Waals surface area contributed by atoms with Gasteiger partial charge in [0.25, 0.3) is 0 Å². The molecule has 0 aliphatic heterocycles. The molecule has 3 nitrogen and oxygen atoms in total. The monoisotopic (exact) mass is 282 g/mol. The van der Waals surface area contributed by atoms with E-state index in [4.69, 9.17) is 5.11 Å². The van der Waals surface area contributed by atoms with E-state index in [2.05, 4.69) is 0 Å². The molecule has 0 fully saturated rings. The summed E-state index contributed by atoms with van der Waals surface area (Å²) in [4.78, 5) is 23.5. The lowest BCUT2D eigenvalue weighted by atomic mass is 10.0. The average molecular weight is 282 g/mol. The van der Waals surface area contributed by atoms with Crippen molar-refractivity contribution in [3.8, 4) is 0 Å². The Morgan fingerprint density at radius 2 is 1.74 bits per heavy atom. The lowest BCUT2D eigenvalue weighted by Gasteiger charge is -2.06. The van der Waals surface area contributed by atoms with Crippen LogP contribution in [0.15, 0.2) is 23.6 Å². The maximum absolute atomic E-state index is 13.2. The number of aromatic carboxylic acids is 1. The van der Waals surface area contributed by atoms with Crippen LogP contribution in [0.3, 0.4) is 0 Å². The molecule has 98 valence electrons. The first-order valence-corrected chi connectivity index (χ1v) is 6.11. The van der Waals surface area contributed by atoms with Gasteiger partial charge in [0.05, 0.1) is 10.4 Å². The van der Waals surface area contributed by atoms with Crippen LogP contribution in [0.5, 0.6) is 0 Å². The van der Waals surface area contributed by atoms with Gasteiger partial charge in [0.1, 0.15) is 0 Å². The van der Waals surface area contributed by atoms with Gasteiger partial charge in [0, 0.05) is 5.56 Å². The first kappa shape index (κ1) is 13.4. The Balaban J connectivity index is 2.62. The molecule has 0 bridgehead atoms. The molecule has 1 aromatic carbocycles. The smallest absolute Gasteiger partial charge is 0.336 e. The zero-order valence-corrected chi connectivity index (χ0v) is 10.6. The van der Waals surface area contributed by atoms with E-state index in [1.54, 1.807) is 18.4 Å². The SMILES string of the molecule is Cc1ccsc1C(=O)c1cc(F)c(F)cc1C(=O)O. The second kappa shape index (κ2) is 4.89. The molecule has 2 rings (SSSR count). The molecule has 19 heavy (non-hydrogen) atoms. The van der Waals surface area contributed by atoms with Crippen LogP contribution in [0, 0.1) is 18.6 Å². The van der Waals surface area contributed by atoms with Crippen molar-refractivity contribution >= 4 is 23.1 Å². The van der Waals surface area contributed by atoms with Crippen molar-refractivity contribution in [2.24, 2.45) is 0 Å². The van der Waals surface area contributed by atoms with Gasteiger partial charge < -0.3 is 5.11 Å². The normalized spacial score (nSPS) is 10.5. The maximum atomic E-state index is 13.2. The van der Waals surface area contributed by atoms with Crippen LogP contribution in [-0.4, -0.2) is 16.9 Å². The Labute approximate surface area is 111 Å². The van der Waals surface area contributed by atoms with Crippen LogP contribution < -0.4 is 0 Å². The second-order valence-corrected chi connectivity index (χ2v) is 4.80. The fourth-order valence-corrected chi connectivity index (χ4v) is 2.52. The number of hydrogen-bond acceptors (Lipinski definition) is 3. The topological polar surface area (TPSA) is 54.4 Å². The highest BCUT2D eigenvalue weighted by molar-refractivity contribution is 7.12. The van der Waals surface area contributed by atoms with Gasteiger partial charge in [-0.2, -0.15) is 0 Å². The Kier molecular flexibility index (Phi) is 3.44. The zero-order chi connectivity index (χ0) is 14.2. The number of aryl methyl sites for hydroxylation is 1. The molecular weight excluding hydrogens is 274 g/mol. The Morgan fingerprint density at radius 1 is 1.16 bits per heavy atom. The highest BCUT2D eigenvalue weighted by Gasteiger charge is 2.23. The molecule has 0 radical (unpaired) electrons. The van der Waals surface area contributed by atoms with Crippen molar-refractivity contribution in [2.75, 3.05) is 0 Å². The van der Waals surface area contributed by atoms with Crippen molar-refractivity contribution in [1.29, 1.82) is 0 Å². The number of rotatable bonds is 3. The summed E-state index contributed by atoms with van der Waals surface area (Å²) in [5.41, 5.74) is -0.232. The molecule has 0 saturated heterocycles. The first-order valence-electron chi connectivity index (χ1n) is 5.23. The number of carbonyl (C=O) groups is 2. The van der Waals surface area contributed by atoms with Crippen molar-refractivity contribution in [3.05, 3.63) is 56.8 Å². The summed E-state index contributed by atoms with van der Waals surface area (Å²) in [7, 11) is 0. The largest absolute Gasteiger partial charge is 0.478 e. The molecule has 1 N–H and O–H groups in total. The van der Waals surface area contributed by atoms with Crippen LogP contribution in [-0.2, 0) is 0 Å². The fraction of sp³-hybridized carbons (Fsp3) is 0.0769. The van der Waals surface area contributed by atoms with E-state index in [1.165, 1.54) is 0 Å². The third-order valence-electron chi connectivity index (χ3n) is 2.60. The van der Waals surface area contributed by atoms with Gasteiger partial charge in [-0.3, -0.25) is 4.79 Å². The van der Waals surface area contributed by atoms with Gasteiger partial charge >= 0.3 is 5.97 Å². The average Bonchev–Trinajstić information content (AvgIpc) is 2.77. The number of ketones is 1. The summed E-state index contributed by atoms with van der Waals surface area (Å²) in [6.07, 6.45) is 0. The lowest BCUT2D eigenvalue weighted by Crippen LogP contribution is -2.11. The number of carboxylic acids is 1. The minimum Gasteiger partial charge on any atom is -0.478 e. The molecule has 0 aliphatic carbocycles. The van der Waals surface area contributed by atoms with E-state index in [-0.39, 0.29) is 5.56 Å². The summed E-state index contributed by atoms with van der Waals surface area (Å²) >= 11 is 1.12. The predicted molar refractivity (Wildman–Crippen MR) is 65.8 cm³/mol. The number of carbonyl (C=O) groups excluding carboxylic acids is 1. The van der Waals surface area contributed by atoms with Crippen LogP contribution >= 0.6 is 11.3 Å². The first-order chi connectivity index (χ1) is 8.91. The Hall–Kier alpha value is -2.08. The van der Waals surface area contributed by atoms with Gasteiger partial charge in [-0.15, -0.1) is 11.3 Å². The third kappa shape index (κ3) is 2.39. The number of carboxylic acid groups (broad SMARTS) is 1. The molecule has 0 saturated carbocycles. The Morgan fingerprint density at radius 3 is 2.21 bits per heavy atom. The third-order valence-corrected chi connectivity index (χ3v) is 3.62. The van der Waals surface area contributed by atoms with E-state index < -0.39 is 29.0 Å². The summed E-state index contributed by atoms with van der Waals surface area (Å²) in [6.45, 7) is 1.68. The van der Waals surface area contributed by atoms with Crippen molar-refractivity contribution < 1.29 is 23.5 Å². The predicted octanol–water partition coefficient (Wildman–Crippen LogP) is 3.26. The molecule has 0 aliphatic rings. The minimum atomic E-state index is -1.48. The van der Waals surface area contributed by atoms with Gasteiger partial charge in [-0.1, -0.05) is 0 Å². The van der Waals surface area contributed by atoms with Crippen molar-refractivity contribution in [2.45, 2.75) is 6.92 Å². The van der Waals surface area contributed by atoms with Gasteiger partial charge in [-0.25, -0.2) is 13.6 Å². The molecule has 2 aromatic rings. The molecule has 0 amide bonds. The molecule has 1 heterocycles. The maximum Gasteiger partial charge on any atom is 0.336 e. The summed E-state index contributed by atoms with van der Waals surface area (Å²) in [5, 5.41) is 10.6. The molecule has 0 unspecified atom stereocenters. The molecule has 1 aromatic heterocycles. The van der Waals surface area contributed by atoms with Crippen LogP contribution in [0.1, 0.15) is 31.2 Å². The number of benzene rings is 1. The second-order valence-electron chi connectivity index (χ2n) is 3.88. The summed E-state index contributed by atoms with van der Waals surface area (Å²) in [5.74, 6) is -4.64. The van der Waals surface area contributed by atoms with Gasteiger partial charge in [-0.05, 0) is 36.1 Å². The molecule has 0 spiro atoms. The standard InChI is InChI=1S/C13H8F2O3S/c1-6-2-3-19-12(6)11(16)7-4-9(14)10(15)5-8(7)13(17)18/h2-5H,1H3,(H,17,18). The number of thiophene rings is 1. The molecule has 0 atom stereocenters. The molecular formula is C13H8F2O3S. The summed E-state index contributed by atoms with van der Waals surface area (Å²) in [6, 6.07) is 2.84. The Bertz CT molecular complexity index is 677. The van der Waals surface area contributed by atoms with Crippen LogP contribution in [0.2, 0.25) is 0 Å². The van der Waals surface area contributed by atoms with Crippen molar-refractivity contribution in [1.82, 2.24) is 0 Å². The fourth-order valence-electron chi connectivity index (χ4n) is 1.64. The van der Waals surface area contributed by atoms with Gasteiger partial charge in [0.2, 0.25) is 5.78 Å². The molecule has 6 heteroatoms. The van der Waals surface area contributed by atoms with E-state index in [0.29, 0.717) is 22.6 Å². The highest BCUT2D eigenvalue weighted by Crippen LogP contribution is 2.24. The van der Waals surface area contributed by atoms with Crippen LogP contribution in [0.4, 0.5) is 8.78 Å². The van der Waals surface area contributed by atoms with Crippen molar-refractivity contribution in [3.63, 3.8) is 0 Å².